The van der Waals surface area contributed by atoms with E-state index in [2.05, 4.69) is 36.4 Å². The Bertz CT molecular complexity index is 461. The molecule has 3 nitrogen and oxygen atoms in total. The van der Waals surface area contributed by atoms with E-state index < -0.39 is 0 Å². The predicted molar refractivity (Wildman–Crippen MR) is 71.1 cm³/mol. The highest BCUT2D eigenvalue weighted by Crippen LogP contribution is 2.22. The SMILES string of the molecule is CCCNC(CCC)c1cnn2ccccc12. The van der Waals surface area contributed by atoms with Crippen LogP contribution in [-0.2, 0) is 0 Å². The monoisotopic (exact) mass is 231 g/mol. The second kappa shape index (κ2) is 5.82. The van der Waals surface area contributed by atoms with Gasteiger partial charge in [0.15, 0.2) is 0 Å². The predicted octanol–water partition coefficient (Wildman–Crippen LogP) is 3.18. The molecule has 2 aromatic heterocycles. The number of nitrogens with zero attached hydrogens (tertiary/aromatic N) is 2. The number of pyridine rings is 1. The first kappa shape index (κ1) is 12.1. The summed E-state index contributed by atoms with van der Waals surface area (Å²) in [6, 6.07) is 6.65. The van der Waals surface area contributed by atoms with E-state index in [1.165, 1.54) is 23.9 Å². The molecule has 0 aromatic carbocycles. The average Bonchev–Trinajstić information content (AvgIpc) is 2.78. The molecule has 0 amide bonds. The highest BCUT2D eigenvalue weighted by Gasteiger charge is 2.14. The maximum absolute atomic E-state index is 4.41. The Labute approximate surface area is 103 Å². The number of nitrogens with one attached hydrogen (secondary N) is 1. The molecule has 17 heavy (non-hydrogen) atoms. The van der Waals surface area contributed by atoms with E-state index in [1.54, 1.807) is 0 Å². The molecule has 2 heterocycles. The molecule has 0 saturated heterocycles. The Balaban J connectivity index is 2.27. The standard InChI is InChI=1S/C14H21N3/c1-3-7-13(15-9-4-2)12-11-16-17-10-6-5-8-14(12)17/h5-6,8,10-11,13,15H,3-4,7,9H2,1-2H3. The van der Waals surface area contributed by atoms with Crippen LogP contribution in [0.5, 0.6) is 0 Å². The lowest BCUT2D eigenvalue weighted by Gasteiger charge is -2.16. The molecule has 0 spiro atoms. The quantitative estimate of drug-likeness (QED) is 0.827. The summed E-state index contributed by atoms with van der Waals surface area (Å²) in [7, 11) is 0. The van der Waals surface area contributed by atoms with Crippen molar-refractivity contribution in [2.75, 3.05) is 6.54 Å². The summed E-state index contributed by atoms with van der Waals surface area (Å²) in [6.45, 7) is 5.49. The Morgan fingerprint density at radius 2 is 2.18 bits per heavy atom. The molecule has 2 aromatic rings. The zero-order valence-corrected chi connectivity index (χ0v) is 10.7. The zero-order chi connectivity index (χ0) is 12.1. The fraction of sp³-hybridized carbons (Fsp3) is 0.500. The van der Waals surface area contributed by atoms with Gasteiger partial charge in [0.1, 0.15) is 0 Å². The minimum absolute atomic E-state index is 0.430. The third-order valence-electron chi connectivity index (χ3n) is 3.05. The second-order valence-corrected chi connectivity index (χ2v) is 4.43. The van der Waals surface area contributed by atoms with Crippen LogP contribution in [0.2, 0.25) is 0 Å². The van der Waals surface area contributed by atoms with E-state index >= 15 is 0 Å². The van der Waals surface area contributed by atoms with Gasteiger partial charge in [-0.15, -0.1) is 0 Å². The normalized spacial score (nSPS) is 13.1. The van der Waals surface area contributed by atoms with E-state index in [0.29, 0.717) is 6.04 Å². The minimum Gasteiger partial charge on any atom is -0.310 e. The van der Waals surface area contributed by atoms with E-state index in [4.69, 9.17) is 0 Å². The summed E-state index contributed by atoms with van der Waals surface area (Å²) in [5.41, 5.74) is 2.54. The van der Waals surface area contributed by atoms with Crippen molar-refractivity contribution in [1.82, 2.24) is 14.9 Å². The van der Waals surface area contributed by atoms with E-state index in [0.717, 1.165) is 13.0 Å². The van der Waals surface area contributed by atoms with Gasteiger partial charge >= 0.3 is 0 Å². The maximum Gasteiger partial charge on any atom is 0.0709 e. The van der Waals surface area contributed by atoms with Crippen molar-refractivity contribution < 1.29 is 0 Å². The highest BCUT2D eigenvalue weighted by atomic mass is 15.2. The fourth-order valence-corrected chi connectivity index (χ4v) is 2.20. The Hall–Kier alpha value is -1.35. The largest absolute Gasteiger partial charge is 0.310 e. The van der Waals surface area contributed by atoms with E-state index in [-0.39, 0.29) is 0 Å². The molecular weight excluding hydrogens is 210 g/mol. The second-order valence-electron chi connectivity index (χ2n) is 4.43. The molecule has 0 saturated carbocycles. The number of aromatic nitrogens is 2. The highest BCUT2D eigenvalue weighted by molar-refractivity contribution is 5.54. The number of fused-ring (bicyclic) bond motifs is 1. The third kappa shape index (κ3) is 2.67. The molecule has 92 valence electrons. The Morgan fingerprint density at radius 3 is 2.94 bits per heavy atom. The van der Waals surface area contributed by atoms with Crippen molar-refractivity contribution in [3.8, 4) is 0 Å². The van der Waals surface area contributed by atoms with Crippen molar-refractivity contribution in [3.63, 3.8) is 0 Å². The van der Waals surface area contributed by atoms with Crippen LogP contribution in [0.1, 0.15) is 44.7 Å². The van der Waals surface area contributed by atoms with Gasteiger partial charge in [0.05, 0.1) is 11.7 Å². The molecule has 1 unspecified atom stereocenters. The van der Waals surface area contributed by atoms with Gasteiger partial charge in [-0.05, 0) is 31.5 Å². The number of hydrogen-bond acceptors (Lipinski definition) is 2. The summed E-state index contributed by atoms with van der Waals surface area (Å²) in [5.74, 6) is 0. The molecule has 0 aliphatic rings. The van der Waals surface area contributed by atoms with Crippen LogP contribution in [0.15, 0.2) is 30.6 Å². The summed E-state index contributed by atoms with van der Waals surface area (Å²) < 4.78 is 1.95. The first-order valence-electron chi connectivity index (χ1n) is 6.52. The minimum atomic E-state index is 0.430. The summed E-state index contributed by atoms with van der Waals surface area (Å²) in [6.07, 6.45) is 7.52. The zero-order valence-electron chi connectivity index (χ0n) is 10.7. The molecule has 1 N–H and O–H groups in total. The Kier molecular flexibility index (Phi) is 4.15. The van der Waals surface area contributed by atoms with E-state index in [9.17, 15) is 0 Å². The van der Waals surface area contributed by atoms with Crippen molar-refractivity contribution in [3.05, 3.63) is 36.2 Å². The van der Waals surface area contributed by atoms with Crippen LogP contribution >= 0.6 is 0 Å². The Morgan fingerprint density at radius 1 is 1.29 bits per heavy atom. The molecule has 0 aliphatic heterocycles. The summed E-state index contributed by atoms with van der Waals surface area (Å²) >= 11 is 0. The first-order valence-corrected chi connectivity index (χ1v) is 6.52. The summed E-state index contributed by atoms with van der Waals surface area (Å²) in [4.78, 5) is 0. The smallest absolute Gasteiger partial charge is 0.0709 e. The van der Waals surface area contributed by atoms with E-state index in [1.807, 2.05) is 23.0 Å². The van der Waals surface area contributed by atoms with Gasteiger partial charge in [0.25, 0.3) is 0 Å². The maximum atomic E-state index is 4.41. The lowest BCUT2D eigenvalue weighted by Crippen LogP contribution is -2.21. The average molecular weight is 231 g/mol. The van der Waals surface area contributed by atoms with Gasteiger partial charge in [-0.25, -0.2) is 4.52 Å². The first-order chi connectivity index (χ1) is 8.36. The molecule has 3 heteroatoms. The lowest BCUT2D eigenvalue weighted by molar-refractivity contribution is 0.496. The van der Waals surface area contributed by atoms with Crippen LogP contribution in [0.3, 0.4) is 0 Å². The molecular formula is C14H21N3. The molecule has 0 radical (unpaired) electrons. The van der Waals surface area contributed by atoms with Gasteiger partial charge in [0.2, 0.25) is 0 Å². The lowest BCUT2D eigenvalue weighted by atomic mass is 10.0. The van der Waals surface area contributed by atoms with Crippen LogP contribution in [0.25, 0.3) is 5.52 Å². The van der Waals surface area contributed by atoms with Gasteiger partial charge in [-0.2, -0.15) is 5.10 Å². The van der Waals surface area contributed by atoms with Crippen molar-refractivity contribution >= 4 is 5.52 Å². The van der Waals surface area contributed by atoms with Crippen molar-refractivity contribution in [2.45, 2.75) is 39.2 Å². The van der Waals surface area contributed by atoms with Gasteiger partial charge in [-0.1, -0.05) is 26.3 Å². The van der Waals surface area contributed by atoms with Gasteiger partial charge in [0, 0.05) is 17.8 Å². The summed E-state index contributed by atoms with van der Waals surface area (Å²) in [5, 5.41) is 8.02. The molecule has 0 fully saturated rings. The van der Waals surface area contributed by atoms with Crippen LogP contribution in [0, 0.1) is 0 Å². The molecule has 0 bridgehead atoms. The molecule has 2 rings (SSSR count). The van der Waals surface area contributed by atoms with Crippen LogP contribution in [0.4, 0.5) is 0 Å². The van der Waals surface area contributed by atoms with Crippen LogP contribution in [-0.4, -0.2) is 16.2 Å². The topological polar surface area (TPSA) is 29.3 Å². The molecule has 1 atom stereocenters. The number of hydrogen-bond donors (Lipinski definition) is 1. The van der Waals surface area contributed by atoms with Gasteiger partial charge in [-0.3, -0.25) is 0 Å². The van der Waals surface area contributed by atoms with Gasteiger partial charge < -0.3 is 5.32 Å². The van der Waals surface area contributed by atoms with Crippen molar-refractivity contribution in [1.29, 1.82) is 0 Å². The van der Waals surface area contributed by atoms with Crippen molar-refractivity contribution in [2.24, 2.45) is 0 Å². The third-order valence-corrected chi connectivity index (χ3v) is 3.05. The van der Waals surface area contributed by atoms with Crippen LogP contribution < -0.4 is 5.32 Å². The molecule has 0 aliphatic carbocycles. The number of rotatable bonds is 6. The fourth-order valence-electron chi connectivity index (χ4n) is 2.20.